The van der Waals surface area contributed by atoms with E-state index < -0.39 is 0 Å². The van der Waals surface area contributed by atoms with Crippen molar-refractivity contribution in [1.29, 1.82) is 0 Å². The molecule has 4 saturated carbocycles. The Morgan fingerprint density at radius 1 is 0.846 bits per heavy atom. The van der Waals surface area contributed by atoms with Crippen LogP contribution in [0.15, 0.2) is 0 Å². The summed E-state index contributed by atoms with van der Waals surface area (Å²) in [5.74, 6) is 4.29. The van der Waals surface area contributed by atoms with Crippen molar-refractivity contribution in [2.24, 2.45) is 58.0 Å². The van der Waals surface area contributed by atoms with Gasteiger partial charge in [-0.3, -0.25) is 0 Å². The molecule has 4 fully saturated rings. The summed E-state index contributed by atoms with van der Waals surface area (Å²) in [6.07, 6.45) is 15.5. The van der Waals surface area contributed by atoms with Crippen LogP contribution in [0, 0.1) is 52.3 Å². The van der Waals surface area contributed by atoms with E-state index in [1.54, 1.807) is 0 Å². The molecular weight excluding hydrogens is 482 g/mol. The first kappa shape index (κ1) is 31.7. The Morgan fingerprint density at radius 2 is 1.56 bits per heavy atom. The second kappa shape index (κ2) is 13.8. The molecule has 0 aromatic carbocycles. The Labute approximate surface area is 241 Å². The molecule has 11 atom stereocenters. The van der Waals surface area contributed by atoms with Crippen molar-refractivity contribution in [3.63, 3.8) is 0 Å². The summed E-state index contributed by atoms with van der Waals surface area (Å²) < 4.78 is 0. The van der Waals surface area contributed by atoms with Crippen molar-refractivity contribution < 1.29 is 10.2 Å². The molecule has 0 aromatic rings. The third kappa shape index (κ3) is 6.90. The van der Waals surface area contributed by atoms with E-state index >= 15 is 0 Å². The van der Waals surface area contributed by atoms with Gasteiger partial charge in [0.05, 0.1) is 12.2 Å². The van der Waals surface area contributed by atoms with Crippen molar-refractivity contribution in [3.8, 4) is 0 Å². The fourth-order valence-electron chi connectivity index (χ4n) is 10.4. The van der Waals surface area contributed by atoms with E-state index in [1.165, 1.54) is 57.8 Å². The fourth-order valence-corrected chi connectivity index (χ4v) is 10.4. The number of nitrogens with one attached hydrogen (secondary N) is 2. The quantitative estimate of drug-likeness (QED) is 0.179. The summed E-state index contributed by atoms with van der Waals surface area (Å²) in [6, 6.07) is 0.621. The van der Waals surface area contributed by atoms with E-state index in [4.69, 9.17) is 5.73 Å². The van der Waals surface area contributed by atoms with Gasteiger partial charge in [0.1, 0.15) is 0 Å². The molecular formula is C34H65N3O2. The predicted octanol–water partition coefficient (Wildman–Crippen LogP) is 5.73. The van der Waals surface area contributed by atoms with E-state index in [-0.39, 0.29) is 12.2 Å². The maximum Gasteiger partial charge on any atom is 0.0577 e. The van der Waals surface area contributed by atoms with Gasteiger partial charge in [-0.1, -0.05) is 34.6 Å². The largest absolute Gasteiger partial charge is 0.393 e. The minimum atomic E-state index is -0.169. The molecule has 0 heterocycles. The summed E-state index contributed by atoms with van der Waals surface area (Å²) in [7, 11) is 0. The molecule has 4 rings (SSSR count). The van der Waals surface area contributed by atoms with Gasteiger partial charge in [-0.15, -0.1) is 0 Å². The molecule has 4 aliphatic carbocycles. The van der Waals surface area contributed by atoms with Gasteiger partial charge < -0.3 is 26.6 Å². The molecule has 39 heavy (non-hydrogen) atoms. The zero-order valence-electron chi connectivity index (χ0n) is 26.3. The molecule has 0 saturated heterocycles. The van der Waals surface area contributed by atoms with Gasteiger partial charge in [0.25, 0.3) is 0 Å². The van der Waals surface area contributed by atoms with Crippen LogP contribution in [-0.2, 0) is 0 Å². The highest BCUT2D eigenvalue weighted by atomic mass is 16.3. The lowest BCUT2D eigenvalue weighted by Crippen LogP contribution is -2.59. The number of rotatable bonds is 14. The highest BCUT2D eigenvalue weighted by molar-refractivity contribution is 5.12. The van der Waals surface area contributed by atoms with Gasteiger partial charge in [-0.05, 0) is 162 Å². The molecule has 228 valence electrons. The summed E-state index contributed by atoms with van der Waals surface area (Å²) >= 11 is 0. The van der Waals surface area contributed by atoms with Crippen LogP contribution in [0.1, 0.15) is 118 Å². The minimum absolute atomic E-state index is 0.119. The number of nitrogens with two attached hydrogens (primary N) is 1. The monoisotopic (exact) mass is 548 g/mol. The number of hydrogen-bond acceptors (Lipinski definition) is 5. The van der Waals surface area contributed by atoms with E-state index in [9.17, 15) is 10.2 Å². The fraction of sp³-hybridized carbons (Fsp3) is 1.00. The Morgan fingerprint density at radius 3 is 2.31 bits per heavy atom. The zero-order chi connectivity index (χ0) is 28.2. The number of fused-ring (bicyclic) bond motifs is 5. The van der Waals surface area contributed by atoms with E-state index in [0.717, 1.165) is 57.8 Å². The summed E-state index contributed by atoms with van der Waals surface area (Å²) in [5.41, 5.74) is 6.35. The highest BCUT2D eigenvalue weighted by Crippen LogP contribution is 2.68. The van der Waals surface area contributed by atoms with Crippen LogP contribution in [0.2, 0.25) is 0 Å². The van der Waals surface area contributed by atoms with Crippen LogP contribution in [0.5, 0.6) is 0 Å². The summed E-state index contributed by atoms with van der Waals surface area (Å²) in [5, 5.41) is 29.6. The Hall–Kier alpha value is -0.200. The molecule has 5 nitrogen and oxygen atoms in total. The maximum atomic E-state index is 11.7. The predicted molar refractivity (Wildman–Crippen MR) is 163 cm³/mol. The van der Waals surface area contributed by atoms with Gasteiger partial charge in [-0.25, -0.2) is 0 Å². The van der Waals surface area contributed by atoms with Crippen molar-refractivity contribution >= 4 is 0 Å². The standard InChI is InChI=1S/C34H65N3O2/c1-23(2)30(38)12-9-24(3)27-10-11-28-32-29(14-16-34(27,28)5)33(4)15-13-26(21-25(33)22-31(32)39)37-20-8-19-36-18-7-6-17-35/h23-32,36-39H,6-22,35H2,1-5H3/t24-,25?,26+,27-,28+,29+,30?,31-,32+,33+,34-/m1/s1. The highest BCUT2D eigenvalue weighted by Gasteiger charge is 2.62. The molecule has 0 amide bonds. The van der Waals surface area contributed by atoms with E-state index in [2.05, 4.69) is 45.3 Å². The topological polar surface area (TPSA) is 90.5 Å². The average molecular weight is 548 g/mol. The van der Waals surface area contributed by atoms with Crippen LogP contribution in [0.25, 0.3) is 0 Å². The first-order valence-corrected chi connectivity index (χ1v) is 17.1. The first-order chi connectivity index (χ1) is 18.6. The summed E-state index contributed by atoms with van der Waals surface area (Å²) in [6.45, 7) is 16.0. The van der Waals surface area contributed by atoms with Crippen molar-refractivity contribution in [1.82, 2.24) is 10.6 Å². The van der Waals surface area contributed by atoms with Crippen LogP contribution >= 0.6 is 0 Å². The molecule has 6 N–H and O–H groups in total. The van der Waals surface area contributed by atoms with Crippen LogP contribution in [-0.4, -0.2) is 54.6 Å². The van der Waals surface area contributed by atoms with Gasteiger partial charge >= 0.3 is 0 Å². The third-order valence-corrected chi connectivity index (χ3v) is 12.9. The van der Waals surface area contributed by atoms with Crippen molar-refractivity contribution in [2.45, 2.75) is 136 Å². The van der Waals surface area contributed by atoms with Gasteiger partial charge in [-0.2, -0.15) is 0 Å². The van der Waals surface area contributed by atoms with Crippen LogP contribution in [0.3, 0.4) is 0 Å². The van der Waals surface area contributed by atoms with Gasteiger partial charge in [0.2, 0.25) is 0 Å². The number of aliphatic hydroxyl groups excluding tert-OH is 2. The molecule has 2 unspecified atom stereocenters. The van der Waals surface area contributed by atoms with E-state index in [1.807, 2.05) is 0 Å². The van der Waals surface area contributed by atoms with Crippen LogP contribution in [0.4, 0.5) is 0 Å². The number of aliphatic hydroxyl groups is 2. The maximum absolute atomic E-state index is 11.7. The lowest BCUT2D eigenvalue weighted by molar-refractivity contribution is -0.167. The normalized spacial score (nSPS) is 41.6. The Balaban J connectivity index is 1.30. The van der Waals surface area contributed by atoms with Gasteiger partial charge in [0.15, 0.2) is 0 Å². The SMILES string of the molecule is CC(C)C(O)CC[C@@H](C)[C@H]1CC[C@H]2[C@@H]3[C@H](O)CC4C[C@@H](NCCCNCCCCN)CC[C@]4(C)[C@H]3CC[C@]12C. The van der Waals surface area contributed by atoms with E-state index in [0.29, 0.717) is 52.4 Å². The second-order valence-corrected chi connectivity index (χ2v) is 15.4. The average Bonchev–Trinajstić information content (AvgIpc) is 3.26. The first-order valence-electron chi connectivity index (χ1n) is 17.1. The molecule has 0 radical (unpaired) electrons. The Kier molecular flexibility index (Phi) is 11.3. The second-order valence-electron chi connectivity index (χ2n) is 15.4. The molecule has 4 aliphatic rings. The molecule has 0 aromatic heterocycles. The van der Waals surface area contributed by atoms with Crippen molar-refractivity contribution in [3.05, 3.63) is 0 Å². The number of unbranched alkanes of at least 4 members (excludes halogenated alkanes) is 1. The molecule has 5 heteroatoms. The van der Waals surface area contributed by atoms with Crippen molar-refractivity contribution in [2.75, 3.05) is 26.2 Å². The lowest BCUT2D eigenvalue weighted by atomic mass is 9.43. The van der Waals surface area contributed by atoms with Gasteiger partial charge in [0, 0.05) is 6.04 Å². The minimum Gasteiger partial charge on any atom is -0.393 e. The zero-order valence-corrected chi connectivity index (χ0v) is 26.3. The number of hydrogen-bond donors (Lipinski definition) is 5. The lowest BCUT2D eigenvalue weighted by Gasteiger charge is -2.62. The summed E-state index contributed by atoms with van der Waals surface area (Å²) in [4.78, 5) is 0. The molecule has 0 aliphatic heterocycles. The molecule has 0 bridgehead atoms. The molecule has 0 spiro atoms. The smallest absolute Gasteiger partial charge is 0.0577 e. The Bertz CT molecular complexity index is 748. The van der Waals surface area contributed by atoms with Crippen LogP contribution < -0.4 is 16.4 Å². The third-order valence-electron chi connectivity index (χ3n) is 12.9.